The van der Waals surface area contributed by atoms with Crippen molar-refractivity contribution in [1.29, 1.82) is 0 Å². The van der Waals surface area contributed by atoms with Gasteiger partial charge in [-0.1, -0.05) is 25.8 Å². The number of carbonyl (C=O) groups excluding carboxylic acids is 1. The van der Waals surface area contributed by atoms with Crippen LogP contribution in [0.25, 0.3) is 0 Å². The second-order valence-electron chi connectivity index (χ2n) is 8.60. The zero-order chi connectivity index (χ0) is 24.5. The summed E-state index contributed by atoms with van der Waals surface area (Å²) in [6.45, 7) is 3.41. The van der Waals surface area contributed by atoms with Crippen molar-refractivity contribution in [2.75, 3.05) is 35.8 Å². The zero-order valence-electron chi connectivity index (χ0n) is 19.3. The molecule has 0 spiro atoms. The molecule has 1 aliphatic carbocycles. The number of amides is 1. The largest absolute Gasteiger partial charge is 0.495 e. The van der Waals surface area contributed by atoms with Crippen LogP contribution in [0.5, 0.6) is 5.75 Å². The Labute approximate surface area is 197 Å². The Morgan fingerprint density at radius 1 is 1.35 bits per heavy atom. The van der Waals surface area contributed by atoms with Gasteiger partial charge in [0.2, 0.25) is 11.6 Å². The van der Waals surface area contributed by atoms with Crippen molar-refractivity contribution >= 4 is 35.0 Å². The van der Waals surface area contributed by atoms with E-state index in [0.29, 0.717) is 22.9 Å². The van der Waals surface area contributed by atoms with Crippen LogP contribution in [0.15, 0.2) is 37.1 Å². The number of halogens is 1. The van der Waals surface area contributed by atoms with E-state index in [1.54, 1.807) is 6.07 Å². The highest BCUT2D eigenvalue weighted by Gasteiger charge is 2.46. The molecule has 1 saturated carbocycles. The van der Waals surface area contributed by atoms with Crippen LogP contribution in [0, 0.1) is 0 Å². The summed E-state index contributed by atoms with van der Waals surface area (Å²) in [6.07, 6.45) is 7.48. The summed E-state index contributed by atoms with van der Waals surface area (Å²) in [7, 11) is 2.94. The number of benzene rings is 1. The Balaban J connectivity index is 1.76. The van der Waals surface area contributed by atoms with Gasteiger partial charge < -0.3 is 25.0 Å². The lowest BCUT2D eigenvalue weighted by Gasteiger charge is -2.36. The maximum atomic E-state index is 15.7. The number of aromatic carboxylic acids is 1. The molecule has 0 unspecified atom stereocenters. The van der Waals surface area contributed by atoms with Crippen LogP contribution in [0.2, 0.25) is 0 Å². The highest BCUT2D eigenvalue weighted by Crippen LogP contribution is 2.39. The highest BCUT2D eigenvalue weighted by molar-refractivity contribution is 6.04. The fourth-order valence-electron chi connectivity index (χ4n) is 4.55. The molecule has 1 atom stereocenters. The predicted molar refractivity (Wildman–Crippen MR) is 127 cm³/mol. The molecule has 2 heterocycles. The number of nitrogens with zero attached hydrogens (tertiary/aromatic N) is 4. The number of hydrogen-bond donors (Lipinski definition) is 2. The van der Waals surface area contributed by atoms with Crippen LogP contribution in [0.4, 0.5) is 27.5 Å². The van der Waals surface area contributed by atoms with Crippen molar-refractivity contribution in [1.82, 2.24) is 9.97 Å². The lowest BCUT2D eigenvalue weighted by molar-refractivity contribution is -0.126. The number of methoxy groups -OCH3 is 1. The summed E-state index contributed by atoms with van der Waals surface area (Å²) in [5.41, 5.74) is -1.29. The van der Waals surface area contributed by atoms with Gasteiger partial charge in [0.25, 0.3) is 5.91 Å². The van der Waals surface area contributed by atoms with E-state index in [1.807, 2.05) is 4.90 Å². The smallest absolute Gasteiger partial charge is 0.335 e. The average Bonchev–Trinajstić information content (AvgIpc) is 2.94. The highest BCUT2D eigenvalue weighted by atomic mass is 19.1. The molecule has 4 rings (SSSR count). The van der Waals surface area contributed by atoms with Crippen molar-refractivity contribution in [2.24, 2.45) is 0 Å². The number of rotatable bonds is 6. The Morgan fingerprint density at radius 3 is 2.74 bits per heavy atom. The number of alkyl halides is 1. The van der Waals surface area contributed by atoms with E-state index >= 15 is 4.39 Å². The van der Waals surface area contributed by atoms with Gasteiger partial charge in [-0.2, -0.15) is 4.98 Å². The predicted octanol–water partition coefficient (Wildman–Crippen LogP) is 3.94. The quantitative estimate of drug-likeness (QED) is 0.613. The third kappa shape index (κ3) is 4.27. The molecule has 1 aromatic heterocycles. The lowest BCUT2D eigenvalue weighted by Crippen LogP contribution is -2.50. The molecule has 10 heteroatoms. The number of carbonyl (C=O) groups is 2. The van der Waals surface area contributed by atoms with E-state index in [2.05, 4.69) is 21.9 Å². The van der Waals surface area contributed by atoms with Gasteiger partial charge in [0.05, 0.1) is 31.1 Å². The molecule has 2 N–H and O–H groups in total. The fourth-order valence-corrected chi connectivity index (χ4v) is 4.55. The van der Waals surface area contributed by atoms with Crippen LogP contribution in [-0.4, -0.2) is 59.4 Å². The molecule has 1 amide bonds. The molecular formula is C24H28FN5O4. The third-order valence-electron chi connectivity index (χ3n) is 6.48. The van der Waals surface area contributed by atoms with Gasteiger partial charge in [0.1, 0.15) is 11.4 Å². The molecule has 34 heavy (non-hydrogen) atoms. The number of ether oxygens (including phenoxy) is 1. The van der Waals surface area contributed by atoms with Crippen molar-refractivity contribution in [3.8, 4) is 5.75 Å². The number of anilines is 4. The van der Waals surface area contributed by atoms with E-state index in [0.717, 1.165) is 38.2 Å². The van der Waals surface area contributed by atoms with Crippen LogP contribution in [-0.2, 0) is 4.79 Å². The summed E-state index contributed by atoms with van der Waals surface area (Å²) in [5, 5.41) is 12.3. The maximum Gasteiger partial charge on any atom is 0.335 e. The summed E-state index contributed by atoms with van der Waals surface area (Å²) in [5.74, 6) is -0.796. The summed E-state index contributed by atoms with van der Waals surface area (Å²) in [4.78, 5) is 36.4. The van der Waals surface area contributed by atoms with Gasteiger partial charge >= 0.3 is 5.97 Å². The number of carboxylic acid groups (broad SMARTS) is 1. The van der Waals surface area contributed by atoms with Gasteiger partial charge in [0.15, 0.2) is 5.82 Å². The molecule has 180 valence electrons. The topological polar surface area (TPSA) is 108 Å². The first-order chi connectivity index (χ1) is 16.3. The molecule has 2 aliphatic rings. The van der Waals surface area contributed by atoms with Crippen molar-refractivity contribution < 1.29 is 23.8 Å². The van der Waals surface area contributed by atoms with Crippen molar-refractivity contribution in [3.63, 3.8) is 0 Å². The van der Waals surface area contributed by atoms with Gasteiger partial charge in [0, 0.05) is 13.1 Å². The van der Waals surface area contributed by atoms with Gasteiger partial charge in [-0.05, 0) is 37.1 Å². The summed E-state index contributed by atoms with van der Waals surface area (Å²) >= 11 is 0. The minimum absolute atomic E-state index is 0.0361. The van der Waals surface area contributed by atoms with Crippen LogP contribution < -0.4 is 19.9 Å². The summed E-state index contributed by atoms with van der Waals surface area (Å²) in [6, 6.07) is 4.44. The van der Waals surface area contributed by atoms with E-state index in [9.17, 15) is 14.7 Å². The van der Waals surface area contributed by atoms with Crippen LogP contribution >= 0.6 is 0 Å². The van der Waals surface area contributed by atoms with E-state index < -0.39 is 17.5 Å². The second kappa shape index (κ2) is 9.28. The minimum Gasteiger partial charge on any atom is -0.495 e. The van der Waals surface area contributed by atoms with Crippen LogP contribution in [0.1, 0.15) is 42.5 Å². The lowest BCUT2D eigenvalue weighted by atomic mass is 9.93. The second-order valence-corrected chi connectivity index (χ2v) is 8.60. The van der Waals surface area contributed by atoms with Crippen LogP contribution in [0.3, 0.4) is 0 Å². The van der Waals surface area contributed by atoms with Crippen molar-refractivity contribution in [3.05, 3.63) is 42.6 Å². The first-order valence-corrected chi connectivity index (χ1v) is 11.2. The molecule has 0 saturated heterocycles. The van der Waals surface area contributed by atoms with Gasteiger partial charge in [-0.15, -0.1) is 0 Å². The van der Waals surface area contributed by atoms with E-state index in [1.165, 1.54) is 37.4 Å². The number of fused-ring (bicyclic) bond motifs is 1. The minimum atomic E-state index is -2.25. The van der Waals surface area contributed by atoms with Crippen molar-refractivity contribution in [2.45, 2.75) is 43.8 Å². The normalized spacial score (nSPS) is 21.0. The van der Waals surface area contributed by atoms with Gasteiger partial charge in [-0.25, -0.2) is 14.2 Å². The molecule has 1 fully saturated rings. The fraction of sp³-hybridized carbons (Fsp3) is 0.417. The first-order valence-electron chi connectivity index (χ1n) is 11.2. The molecule has 1 aliphatic heterocycles. The molecule has 1 aromatic carbocycles. The SMILES string of the molecule is C=C[C@]1(F)CN(C2CCCCC2)c2nc(Nc3ccc(C(=O)O)cc3OC)ncc2N(C)C1=O. The monoisotopic (exact) mass is 469 g/mol. The third-order valence-corrected chi connectivity index (χ3v) is 6.48. The maximum absolute atomic E-state index is 15.7. The van der Waals surface area contributed by atoms with E-state index in [4.69, 9.17) is 4.74 Å². The van der Waals surface area contributed by atoms with E-state index in [-0.39, 0.29) is 24.1 Å². The standard InChI is InChI=1S/C24H28FN5O4/c1-4-24(25)14-30(16-8-6-5-7-9-16)20-18(29(2)22(24)33)13-26-23(28-20)27-17-11-10-15(21(31)32)12-19(17)34-3/h4,10-13,16H,1,5-9,14H2,2-3H3,(H,31,32)(H,26,27,28)/t24-/m0/s1. The summed E-state index contributed by atoms with van der Waals surface area (Å²) < 4.78 is 21.1. The number of carboxylic acids is 1. The number of aromatic nitrogens is 2. The molecule has 9 nitrogen and oxygen atoms in total. The van der Waals surface area contributed by atoms with Gasteiger partial charge in [-0.3, -0.25) is 4.79 Å². The molecule has 0 radical (unpaired) electrons. The Morgan fingerprint density at radius 2 is 2.09 bits per heavy atom. The number of nitrogens with one attached hydrogen (secondary N) is 1. The Hall–Kier alpha value is -3.69. The first kappa shape index (κ1) is 23.5. The molecule has 0 bridgehead atoms. The Bertz CT molecular complexity index is 1120. The number of hydrogen-bond acceptors (Lipinski definition) is 7. The molecular weight excluding hydrogens is 441 g/mol. The zero-order valence-corrected chi connectivity index (χ0v) is 19.3. The average molecular weight is 470 g/mol. The Kier molecular flexibility index (Phi) is 6.41. The molecule has 2 aromatic rings.